The van der Waals surface area contributed by atoms with Gasteiger partial charge in [0.2, 0.25) is 5.95 Å². The van der Waals surface area contributed by atoms with E-state index in [9.17, 15) is 4.39 Å². The summed E-state index contributed by atoms with van der Waals surface area (Å²) < 4.78 is 14.4. The molecule has 142 valence electrons. The molecule has 0 bridgehead atoms. The lowest BCUT2D eigenvalue weighted by Crippen LogP contribution is -1.95. The summed E-state index contributed by atoms with van der Waals surface area (Å²) in [6, 6.07) is 12.7. The van der Waals surface area contributed by atoms with Crippen LogP contribution in [0, 0.1) is 5.82 Å². The SMILES string of the molecule is CCCCO.NSc1ccccc1-c1ccc(-c2cnc(N)nc2)c(F)c1. The number of benzene rings is 2. The Morgan fingerprint density at radius 1 is 1.04 bits per heavy atom. The van der Waals surface area contributed by atoms with Crippen molar-refractivity contribution in [3.63, 3.8) is 0 Å². The summed E-state index contributed by atoms with van der Waals surface area (Å²) in [4.78, 5) is 8.66. The maximum atomic E-state index is 14.4. The Hall–Kier alpha value is -2.48. The number of halogens is 1. The van der Waals surface area contributed by atoms with Gasteiger partial charge in [0.15, 0.2) is 0 Å². The summed E-state index contributed by atoms with van der Waals surface area (Å²) >= 11 is 1.14. The molecule has 0 atom stereocenters. The molecular weight excluding hydrogens is 363 g/mol. The van der Waals surface area contributed by atoms with E-state index >= 15 is 0 Å². The molecule has 1 aromatic heterocycles. The first-order chi connectivity index (χ1) is 13.1. The van der Waals surface area contributed by atoms with Crippen LogP contribution in [0.2, 0.25) is 0 Å². The van der Waals surface area contributed by atoms with Gasteiger partial charge >= 0.3 is 0 Å². The highest BCUT2D eigenvalue weighted by Gasteiger charge is 2.10. The lowest BCUT2D eigenvalue weighted by Gasteiger charge is -2.09. The fourth-order valence-corrected chi connectivity index (χ4v) is 2.83. The quantitative estimate of drug-likeness (QED) is 0.566. The number of hydrogen-bond donors (Lipinski definition) is 3. The maximum absolute atomic E-state index is 14.4. The number of nitrogens with zero attached hydrogens (tertiary/aromatic N) is 2. The molecule has 0 spiro atoms. The standard InChI is InChI=1S/C16H13FN4S.C4H10O/c17-14-7-10(13-3-1-2-4-15(13)22-19)5-6-12(14)11-8-20-16(18)21-9-11;1-2-3-4-5/h1-9H,19H2,(H2,18,20,21);5H,2-4H2,1H3. The second-order valence-corrected chi connectivity index (χ2v) is 6.39. The highest BCUT2D eigenvalue weighted by atomic mass is 32.2. The molecule has 0 saturated heterocycles. The van der Waals surface area contributed by atoms with Gasteiger partial charge in [-0.1, -0.05) is 43.7 Å². The lowest BCUT2D eigenvalue weighted by atomic mass is 10.0. The van der Waals surface area contributed by atoms with Crippen LogP contribution in [-0.4, -0.2) is 21.7 Å². The lowest BCUT2D eigenvalue weighted by molar-refractivity contribution is 0.287. The molecule has 2 aromatic carbocycles. The number of hydrogen-bond acceptors (Lipinski definition) is 6. The Morgan fingerprint density at radius 3 is 2.30 bits per heavy atom. The van der Waals surface area contributed by atoms with Crippen molar-refractivity contribution in [2.24, 2.45) is 5.14 Å². The number of rotatable bonds is 5. The molecule has 0 radical (unpaired) electrons. The van der Waals surface area contributed by atoms with Crippen molar-refractivity contribution in [2.45, 2.75) is 24.7 Å². The second kappa shape index (κ2) is 10.6. The third-order valence-electron chi connectivity index (χ3n) is 3.79. The molecule has 5 N–H and O–H groups in total. The van der Waals surface area contributed by atoms with E-state index in [0.29, 0.717) is 17.7 Å². The first-order valence-electron chi connectivity index (χ1n) is 8.55. The molecule has 5 nitrogen and oxygen atoms in total. The van der Waals surface area contributed by atoms with E-state index < -0.39 is 0 Å². The van der Waals surface area contributed by atoms with Gasteiger partial charge in [0, 0.05) is 35.0 Å². The minimum absolute atomic E-state index is 0.162. The summed E-state index contributed by atoms with van der Waals surface area (Å²) in [5.41, 5.74) is 8.13. The van der Waals surface area contributed by atoms with Gasteiger partial charge in [0.25, 0.3) is 0 Å². The van der Waals surface area contributed by atoms with Crippen molar-refractivity contribution < 1.29 is 9.50 Å². The number of unbranched alkanes of at least 4 members (excludes halogenated alkanes) is 1. The van der Waals surface area contributed by atoms with Crippen LogP contribution in [0.5, 0.6) is 0 Å². The van der Waals surface area contributed by atoms with Crippen molar-refractivity contribution in [3.05, 3.63) is 60.7 Å². The van der Waals surface area contributed by atoms with Crippen LogP contribution in [-0.2, 0) is 0 Å². The van der Waals surface area contributed by atoms with Crippen LogP contribution in [0.15, 0.2) is 59.8 Å². The van der Waals surface area contributed by atoms with Gasteiger partial charge in [0.1, 0.15) is 5.82 Å². The highest BCUT2D eigenvalue weighted by Crippen LogP contribution is 2.32. The molecule has 0 aliphatic rings. The smallest absolute Gasteiger partial charge is 0.219 e. The molecule has 1 heterocycles. The van der Waals surface area contributed by atoms with E-state index in [1.165, 1.54) is 18.5 Å². The number of aromatic nitrogens is 2. The summed E-state index contributed by atoms with van der Waals surface area (Å²) in [6.07, 6.45) is 5.05. The van der Waals surface area contributed by atoms with Crippen molar-refractivity contribution in [3.8, 4) is 22.3 Å². The topological polar surface area (TPSA) is 98.0 Å². The zero-order valence-corrected chi connectivity index (χ0v) is 15.9. The Bertz CT molecular complexity index is 857. The summed E-state index contributed by atoms with van der Waals surface area (Å²) in [7, 11) is 0. The molecule has 27 heavy (non-hydrogen) atoms. The predicted molar refractivity (Wildman–Crippen MR) is 109 cm³/mol. The molecule has 3 aromatic rings. The van der Waals surface area contributed by atoms with E-state index in [1.54, 1.807) is 6.07 Å². The Morgan fingerprint density at radius 2 is 1.74 bits per heavy atom. The van der Waals surface area contributed by atoms with E-state index in [1.807, 2.05) is 30.3 Å². The van der Waals surface area contributed by atoms with Crippen molar-refractivity contribution in [1.82, 2.24) is 9.97 Å². The number of nitrogens with two attached hydrogens (primary N) is 2. The van der Waals surface area contributed by atoms with Gasteiger partial charge in [-0.05, 0) is 41.6 Å². The van der Waals surface area contributed by atoms with Crippen LogP contribution in [0.1, 0.15) is 19.8 Å². The van der Waals surface area contributed by atoms with Gasteiger partial charge < -0.3 is 10.8 Å². The molecule has 0 amide bonds. The summed E-state index contributed by atoms with van der Waals surface area (Å²) in [5.74, 6) is -0.183. The largest absolute Gasteiger partial charge is 0.396 e. The Labute approximate surface area is 162 Å². The minimum Gasteiger partial charge on any atom is -0.396 e. The van der Waals surface area contributed by atoms with Crippen LogP contribution in [0.4, 0.5) is 10.3 Å². The van der Waals surface area contributed by atoms with Crippen molar-refractivity contribution >= 4 is 17.9 Å². The average molecular weight is 386 g/mol. The first-order valence-corrected chi connectivity index (χ1v) is 9.43. The molecule has 0 aliphatic carbocycles. The van der Waals surface area contributed by atoms with Crippen molar-refractivity contribution in [1.29, 1.82) is 0 Å². The van der Waals surface area contributed by atoms with Crippen LogP contribution in [0.3, 0.4) is 0 Å². The Balaban J connectivity index is 0.000000465. The molecular formula is C20H23FN4OS. The zero-order valence-electron chi connectivity index (χ0n) is 15.1. The molecule has 0 fully saturated rings. The van der Waals surface area contributed by atoms with Gasteiger partial charge in [0.05, 0.1) is 0 Å². The third kappa shape index (κ3) is 5.75. The van der Waals surface area contributed by atoms with Crippen LogP contribution >= 0.6 is 11.9 Å². The number of nitrogen functional groups attached to an aromatic ring is 1. The van der Waals surface area contributed by atoms with E-state index in [-0.39, 0.29) is 11.8 Å². The fourth-order valence-electron chi connectivity index (χ4n) is 2.36. The number of aliphatic hydroxyl groups is 1. The maximum Gasteiger partial charge on any atom is 0.219 e. The normalized spacial score (nSPS) is 10.2. The number of aliphatic hydroxyl groups excluding tert-OH is 1. The Kier molecular flexibility index (Phi) is 8.19. The predicted octanol–water partition coefficient (Wildman–Crippen LogP) is 4.28. The monoisotopic (exact) mass is 386 g/mol. The summed E-state index contributed by atoms with van der Waals surface area (Å²) in [6.45, 7) is 2.40. The third-order valence-corrected chi connectivity index (χ3v) is 4.40. The van der Waals surface area contributed by atoms with Gasteiger partial charge in [-0.25, -0.2) is 14.4 Å². The molecule has 0 saturated carbocycles. The average Bonchev–Trinajstić information content (AvgIpc) is 2.70. The van der Waals surface area contributed by atoms with Crippen molar-refractivity contribution in [2.75, 3.05) is 12.3 Å². The van der Waals surface area contributed by atoms with E-state index in [2.05, 4.69) is 16.9 Å². The second-order valence-electron chi connectivity index (χ2n) is 5.72. The van der Waals surface area contributed by atoms with Gasteiger partial charge in [-0.3, -0.25) is 5.14 Å². The van der Waals surface area contributed by atoms with E-state index in [4.69, 9.17) is 16.0 Å². The zero-order chi connectivity index (χ0) is 19.6. The van der Waals surface area contributed by atoms with E-state index in [0.717, 1.165) is 40.8 Å². The molecule has 0 aliphatic heterocycles. The fraction of sp³-hybridized carbons (Fsp3) is 0.200. The van der Waals surface area contributed by atoms with Crippen LogP contribution in [0.25, 0.3) is 22.3 Å². The minimum atomic E-state index is -0.345. The van der Waals surface area contributed by atoms with Crippen LogP contribution < -0.4 is 10.9 Å². The van der Waals surface area contributed by atoms with Gasteiger partial charge in [-0.15, -0.1) is 0 Å². The first kappa shape index (κ1) is 20.8. The molecule has 3 rings (SSSR count). The molecule has 0 unspecified atom stereocenters. The highest BCUT2D eigenvalue weighted by molar-refractivity contribution is 7.97. The summed E-state index contributed by atoms with van der Waals surface area (Å²) in [5, 5.41) is 13.7. The molecule has 7 heteroatoms. The number of anilines is 1. The van der Waals surface area contributed by atoms with Gasteiger partial charge in [-0.2, -0.15) is 0 Å².